The second-order valence-corrected chi connectivity index (χ2v) is 10.00. The summed E-state index contributed by atoms with van der Waals surface area (Å²) in [5, 5.41) is 16.0. The number of nitriles is 1. The normalized spacial score (nSPS) is 17.9. The lowest BCUT2D eigenvalue weighted by molar-refractivity contribution is -0.137. The van der Waals surface area contributed by atoms with Gasteiger partial charge in [0.2, 0.25) is 5.95 Å². The average Bonchev–Trinajstić information content (AvgIpc) is 3.39. The van der Waals surface area contributed by atoms with E-state index in [1.807, 2.05) is 37.3 Å². The molecule has 0 aliphatic carbocycles. The Labute approximate surface area is 229 Å². The lowest BCUT2D eigenvalue weighted by Gasteiger charge is -2.34. The summed E-state index contributed by atoms with van der Waals surface area (Å²) < 4.78 is 45.4. The third-order valence-corrected chi connectivity index (χ3v) is 7.43. The smallest absolute Gasteiger partial charge is 0.417 e. The Balaban J connectivity index is 1.22. The van der Waals surface area contributed by atoms with Crippen LogP contribution in [0.25, 0.3) is 0 Å². The van der Waals surface area contributed by atoms with Gasteiger partial charge in [0, 0.05) is 43.4 Å². The predicted octanol–water partition coefficient (Wildman–Crippen LogP) is 5.17. The summed E-state index contributed by atoms with van der Waals surface area (Å²) in [6, 6.07) is 12.6. The molecule has 1 saturated heterocycles. The van der Waals surface area contributed by atoms with Gasteiger partial charge in [-0.05, 0) is 37.3 Å². The van der Waals surface area contributed by atoms with E-state index in [1.165, 1.54) is 6.20 Å². The summed E-state index contributed by atoms with van der Waals surface area (Å²) in [6.45, 7) is 3.61. The highest BCUT2D eigenvalue weighted by molar-refractivity contribution is 5.67. The molecule has 3 aromatic rings. The first kappa shape index (κ1) is 27.2. The third kappa shape index (κ3) is 5.93. The molecule has 2 N–H and O–H groups in total. The third-order valence-electron chi connectivity index (χ3n) is 7.43. The van der Waals surface area contributed by atoms with Gasteiger partial charge in [-0.25, -0.2) is 19.7 Å². The molecule has 1 aromatic carbocycles. The molecule has 9 nitrogen and oxygen atoms in total. The molecule has 0 radical (unpaired) electrons. The van der Waals surface area contributed by atoms with E-state index in [0.717, 1.165) is 30.7 Å². The van der Waals surface area contributed by atoms with Crippen molar-refractivity contribution < 1.29 is 22.7 Å². The van der Waals surface area contributed by atoms with Crippen molar-refractivity contribution in [1.82, 2.24) is 19.9 Å². The highest BCUT2D eigenvalue weighted by Gasteiger charge is 2.36. The van der Waals surface area contributed by atoms with Crippen LogP contribution in [0, 0.1) is 17.2 Å². The van der Waals surface area contributed by atoms with Crippen molar-refractivity contribution in [3.63, 3.8) is 0 Å². The van der Waals surface area contributed by atoms with Crippen molar-refractivity contribution in [3.05, 3.63) is 76.7 Å². The average molecular weight is 552 g/mol. The molecule has 0 spiro atoms. The Bertz CT molecular complexity index is 1400. The van der Waals surface area contributed by atoms with Crippen LogP contribution < -0.4 is 10.6 Å². The van der Waals surface area contributed by atoms with E-state index in [-0.39, 0.29) is 36.8 Å². The van der Waals surface area contributed by atoms with Crippen molar-refractivity contribution in [3.8, 4) is 6.07 Å². The molecule has 5 rings (SSSR count). The van der Waals surface area contributed by atoms with Crippen molar-refractivity contribution in [2.75, 3.05) is 30.3 Å². The number of rotatable bonds is 6. The van der Waals surface area contributed by atoms with Gasteiger partial charge in [-0.3, -0.25) is 0 Å². The fourth-order valence-electron chi connectivity index (χ4n) is 5.13. The monoisotopic (exact) mass is 551 g/mol. The van der Waals surface area contributed by atoms with Gasteiger partial charge in [-0.2, -0.15) is 18.4 Å². The Morgan fingerprint density at radius 3 is 2.67 bits per heavy atom. The van der Waals surface area contributed by atoms with Crippen LogP contribution in [0.1, 0.15) is 53.6 Å². The fourth-order valence-corrected chi connectivity index (χ4v) is 5.13. The number of pyridine rings is 1. The first-order valence-electron chi connectivity index (χ1n) is 13.0. The summed E-state index contributed by atoms with van der Waals surface area (Å²) in [6.07, 6.45) is -1.18. The molecular weight excluding hydrogens is 523 g/mol. The number of hydrogen-bond acceptors (Lipinski definition) is 8. The van der Waals surface area contributed by atoms with Crippen LogP contribution in [-0.4, -0.2) is 51.6 Å². The predicted molar refractivity (Wildman–Crippen MR) is 140 cm³/mol. The number of fused-ring (bicyclic) bond motifs is 1. The topological polar surface area (TPSA) is 116 Å². The minimum absolute atomic E-state index is 0.0456. The molecule has 0 bridgehead atoms. The molecule has 1 fully saturated rings. The van der Waals surface area contributed by atoms with E-state index in [0.29, 0.717) is 36.1 Å². The lowest BCUT2D eigenvalue weighted by atomic mass is 9.90. The number of amides is 1. The number of alkyl halides is 3. The summed E-state index contributed by atoms with van der Waals surface area (Å²) in [7, 11) is 0. The van der Waals surface area contributed by atoms with Crippen LogP contribution in [0.15, 0.2) is 48.8 Å². The van der Waals surface area contributed by atoms with Gasteiger partial charge >= 0.3 is 12.3 Å². The molecule has 2 aliphatic rings. The summed E-state index contributed by atoms with van der Waals surface area (Å²) in [5.41, 5.74) is 0.956. The Hall–Kier alpha value is -4.40. The van der Waals surface area contributed by atoms with E-state index in [9.17, 15) is 23.2 Å². The number of carbonyl (C=O) groups is 1. The van der Waals surface area contributed by atoms with Gasteiger partial charge in [0.15, 0.2) is 0 Å². The van der Waals surface area contributed by atoms with Crippen LogP contribution in [0.4, 0.5) is 29.7 Å². The molecule has 208 valence electrons. The number of benzene rings is 1. The van der Waals surface area contributed by atoms with Gasteiger partial charge in [0.05, 0.1) is 23.0 Å². The van der Waals surface area contributed by atoms with Crippen molar-refractivity contribution in [2.24, 2.45) is 5.92 Å². The molecule has 40 heavy (non-hydrogen) atoms. The summed E-state index contributed by atoms with van der Waals surface area (Å²) in [5.74, 6) is 0.286. The summed E-state index contributed by atoms with van der Waals surface area (Å²) in [4.78, 5) is 27.0. The second-order valence-electron chi connectivity index (χ2n) is 10.00. The zero-order chi connectivity index (χ0) is 28.3. The number of carbonyl (C=O) groups excluding carboxylic acids is 1. The van der Waals surface area contributed by atoms with Crippen molar-refractivity contribution in [1.29, 1.82) is 5.26 Å². The SMILES string of the molecule is CC(Nc1ncc(C#N)c(C2CNc3ncc(C(F)(F)F)cc32)n1)C1CCN(C(=O)OCc2ccccc2)CC1. The zero-order valence-corrected chi connectivity index (χ0v) is 21.8. The van der Waals surface area contributed by atoms with Gasteiger partial charge in [-0.1, -0.05) is 30.3 Å². The van der Waals surface area contributed by atoms with Crippen LogP contribution >= 0.6 is 0 Å². The number of ether oxygens (including phenoxy) is 1. The minimum atomic E-state index is -4.53. The molecule has 1 amide bonds. The number of hydrogen-bond donors (Lipinski definition) is 2. The quantitative estimate of drug-likeness (QED) is 0.431. The maximum Gasteiger partial charge on any atom is 0.417 e. The molecule has 2 atom stereocenters. The van der Waals surface area contributed by atoms with Crippen LogP contribution in [0.5, 0.6) is 0 Å². The van der Waals surface area contributed by atoms with Crippen molar-refractivity contribution in [2.45, 2.75) is 44.5 Å². The molecule has 0 saturated carbocycles. The molecule has 12 heteroatoms. The Kier molecular flexibility index (Phi) is 7.73. The first-order chi connectivity index (χ1) is 19.2. The molecule has 4 heterocycles. The zero-order valence-electron chi connectivity index (χ0n) is 21.8. The van der Waals surface area contributed by atoms with E-state index < -0.39 is 17.7 Å². The standard InChI is InChI=1S/C28H28F3N7O2/c1-17(19-7-9-38(10-8-19)27(39)40-16-18-5-3-2-4-6-18)36-26-35-13-20(12-32)24(37-26)23-15-34-25-22(23)11-21(14-33-25)28(29,30)31/h2-6,11,13-14,17,19,23H,7-10,15-16H2,1H3,(H,33,34)(H,35,36,37). The number of aromatic nitrogens is 3. The minimum Gasteiger partial charge on any atom is -0.445 e. The molecular formula is C28H28F3N7O2. The number of anilines is 2. The van der Waals surface area contributed by atoms with E-state index >= 15 is 0 Å². The van der Waals surface area contributed by atoms with Gasteiger partial charge in [-0.15, -0.1) is 0 Å². The maximum absolute atomic E-state index is 13.3. The van der Waals surface area contributed by atoms with Gasteiger partial charge in [0.25, 0.3) is 0 Å². The fraction of sp³-hybridized carbons (Fsp3) is 0.393. The molecule has 2 aliphatic heterocycles. The largest absolute Gasteiger partial charge is 0.445 e. The number of piperidine rings is 1. The van der Waals surface area contributed by atoms with Gasteiger partial charge in [0.1, 0.15) is 18.5 Å². The van der Waals surface area contributed by atoms with E-state index in [2.05, 4.69) is 31.7 Å². The Morgan fingerprint density at radius 1 is 1.23 bits per heavy atom. The molecule has 2 aromatic heterocycles. The van der Waals surface area contributed by atoms with Crippen LogP contribution in [0.3, 0.4) is 0 Å². The number of nitrogens with zero attached hydrogens (tertiary/aromatic N) is 5. The van der Waals surface area contributed by atoms with Crippen LogP contribution in [0.2, 0.25) is 0 Å². The highest BCUT2D eigenvalue weighted by atomic mass is 19.4. The number of nitrogens with one attached hydrogen (secondary N) is 2. The Morgan fingerprint density at radius 2 is 1.98 bits per heavy atom. The molecule has 2 unspecified atom stereocenters. The van der Waals surface area contributed by atoms with Gasteiger partial charge < -0.3 is 20.3 Å². The summed E-state index contributed by atoms with van der Waals surface area (Å²) >= 11 is 0. The van der Waals surface area contributed by atoms with Crippen molar-refractivity contribution >= 4 is 17.9 Å². The van der Waals surface area contributed by atoms with Crippen LogP contribution in [-0.2, 0) is 17.5 Å². The second kappa shape index (κ2) is 11.4. The lowest BCUT2D eigenvalue weighted by Crippen LogP contribution is -2.42. The number of halogens is 3. The number of likely N-dealkylation sites (tertiary alicyclic amines) is 1. The van der Waals surface area contributed by atoms with E-state index in [4.69, 9.17) is 4.74 Å². The maximum atomic E-state index is 13.3. The van der Waals surface area contributed by atoms with E-state index in [1.54, 1.807) is 4.90 Å². The first-order valence-corrected chi connectivity index (χ1v) is 13.0. The highest BCUT2D eigenvalue weighted by Crippen LogP contribution is 2.39.